The molecule has 0 spiro atoms. The summed E-state index contributed by atoms with van der Waals surface area (Å²) in [4.78, 5) is 30.8. The lowest BCUT2D eigenvalue weighted by Gasteiger charge is -2.01. The van der Waals surface area contributed by atoms with E-state index in [1.165, 1.54) is 6.08 Å². The maximum Gasteiger partial charge on any atom is 0.258 e. The minimum Gasteiger partial charge on any atom is -0.289 e. The van der Waals surface area contributed by atoms with Crippen LogP contribution in [0.2, 0.25) is 0 Å². The molecule has 0 atom stereocenters. The predicted octanol–water partition coefficient (Wildman–Crippen LogP) is 0.670. The standard InChI is InChI=1S/C12H7N3O2/c16-11-6-8(12(17)15-11)7-1-2-9-10(5-7)14-4-3-13-9/h1-6H,(H,15,16,17). The fourth-order valence-electron chi connectivity index (χ4n) is 1.76. The van der Waals surface area contributed by atoms with E-state index in [0.29, 0.717) is 16.7 Å². The Morgan fingerprint density at radius 1 is 1.00 bits per heavy atom. The van der Waals surface area contributed by atoms with Crippen molar-refractivity contribution < 1.29 is 9.59 Å². The molecule has 1 aliphatic rings. The van der Waals surface area contributed by atoms with Crippen LogP contribution in [0.15, 0.2) is 36.7 Å². The molecule has 1 aromatic carbocycles. The molecule has 0 unspecified atom stereocenters. The summed E-state index contributed by atoms with van der Waals surface area (Å²) >= 11 is 0. The summed E-state index contributed by atoms with van der Waals surface area (Å²) in [6.07, 6.45) is 4.48. The number of imide groups is 1. The summed E-state index contributed by atoms with van der Waals surface area (Å²) < 4.78 is 0. The van der Waals surface area contributed by atoms with Gasteiger partial charge in [-0.3, -0.25) is 24.9 Å². The molecule has 0 radical (unpaired) electrons. The molecular weight excluding hydrogens is 218 g/mol. The quantitative estimate of drug-likeness (QED) is 0.724. The second-order valence-corrected chi connectivity index (χ2v) is 3.64. The Bertz CT molecular complexity index is 676. The first-order valence-electron chi connectivity index (χ1n) is 5.02. The van der Waals surface area contributed by atoms with E-state index in [9.17, 15) is 9.59 Å². The summed E-state index contributed by atoms with van der Waals surface area (Å²) in [7, 11) is 0. The van der Waals surface area contributed by atoms with Gasteiger partial charge >= 0.3 is 0 Å². The molecule has 5 nitrogen and oxygen atoms in total. The lowest BCUT2D eigenvalue weighted by atomic mass is 10.1. The third-order valence-corrected chi connectivity index (χ3v) is 2.54. The minimum atomic E-state index is -0.385. The zero-order valence-electron chi connectivity index (χ0n) is 8.68. The van der Waals surface area contributed by atoms with Crippen molar-refractivity contribution in [1.82, 2.24) is 15.3 Å². The van der Waals surface area contributed by atoms with E-state index in [1.807, 2.05) is 0 Å². The van der Waals surface area contributed by atoms with Crippen LogP contribution in [0.4, 0.5) is 0 Å². The van der Waals surface area contributed by atoms with Gasteiger partial charge in [-0.05, 0) is 17.7 Å². The average molecular weight is 225 g/mol. The summed E-state index contributed by atoms with van der Waals surface area (Å²) in [6.45, 7) is 0. The number of benzene rings is 1. The largest absolute Gasteiger partial charge is 0.289 e. The van der Waals surface area contributed by atoms with Crippen molar-refractivity contribution in [2.45, 2.75) is 0 Å². The molecule has 17 heavy (non-hydrogen) atoms. The summed E-state index contributed by atoms with van der Waals surface area (Å²) in [5, 5.41) is 2.21. The number of hydrogen-bond acceptors (Lipinski definition) is 4. The van der Waals surface area contributed by atoms with Crippen LogP contribution in [0.1, 0.15) is 5.56 Å². The van der Waals surface area contributed by atoms with E-state index in [1.54, 1.807) is 30.6 Å². The molecule has 0 bridgehead atoms. The van der Waals surface area contributed by atoms with E-state index >= 15 is 0 Å². The Hall–Kier alpha value is -2.56. The topological polar surface area (TPSA) is 72.0 Å². The van der Waals surface area contributed by atoms with Crippen LogP contribution in [0.5, 0.6) is 0 Å². The highest BCUT2D eigenvalue weighted by atomic mass is 16.2. The van der Waals surface area contributed by atoms with E-state index < -0.39 is 0 Å². The first-order chi connectivity index (χ1) is 8.24. The summed E-state index contributed by atoms with van der Waals surface area (Å²) in [6, 6.07) is 5.27. The number of carbonyl (C=O) groups is 2. The highest BCUT2D eigenvalue weighted by molar-refractivity contribution is 6.33. The molecular formula is C12H7N3O2. The first kappa shape index (κ1) is 9.65. The first-order valence-corrected chi connectivity index (χ1v) is 5.02. The van der Waals surface area contributed by atoms with Gasteiger partial charge in [-0.15, -0.1) is 0 Å². The number of aromatic nitrogens is 2. The van der Waals surface area contributed by atoms with Gasteiger partial charge in [-0.1, -0.05) is 6.07 Å². The summed E-state index contributed by atoms with van der Waals surface area (Å²) in [5.74, 6) is -0.762. The van der Waals surface area contributed by atoms with Crippen molar-refractivity contribution in [3.05, 3.63) is 42.2 Å². The van der Waals surface area contributed by atoms with Crippen LogP contribution in [-0.4, -0.2) is 21.8 Å². The number of nitrogens with one attached hydrogen (secondary N) is 1. The summed E-state index contributed by atoms with van der Waals surface area (Å²) in [5.41, 5.74) is 2.48. The Balaban J connectivity index is 2.16. The number of amides is 2. The fraction of sp³-hybridized carbons (Fsp3) is 0. The van der Waals surface area contributed by atoms with Gasteiger partial charge in [0.15, 0.2) is 0 Å². The monoisotopic (exact) mass is 225 g/mol. The number of nitrogens with zero attached hydrogens (tertiary/aromatic N) is 2. The number of rotatable bonds is 1. The molecule has 1 aliphatic heterocycles. The van der Waals surface area contributed by atoms with Crippen molar-refractivity contribution in [2.24, 2.45) is 0 Å². The zero-order chi connectivity index (χ0) is 11.8. The molecule has 0 saturated heterocycles. The molecule has 0 saturated carbocycles. The normalized spacial score (nSPS) is 14.9. The highest BCUT2D eigenvalue weighted by Crippen LogP contribution is 2.21. The maximum absolute atomic E-state index is 11.5. The van der Waals surface area contributed by atoms with Gasteiger partial charge in [-0.2, -0.15) is 0 Å². The van der Waals surface area contributed by atoms with E-state index in [0.717, 1.165) is 5.52 Å². The maximum atomic E-state index is 11.5. The third-order valence-electron chi connectivity index (χ3n) is 2.54. The van der Waals surface area contributed by atoms with E-state index in [4.69, 9.17) is 0 Å². The second kappa shape index (κ2) is 3.48. The average Bonchev–Trinajstić information content (AvgIpc) is 2.68. The van der Waals surface area contributed by atoms with Crippen molar-refractivity contribution in [2.75, 3.05) is 0 Å². The Labute approximate surface area is 96.2 Å². The molecule has 0 fully saturated rings. The lowest BCUT2D eigenvalue weighted by Crippen LogP contribution is -2.21. The molecule has 1 N–H and O–H groups in total. The Morgan fingerprint density at radius 3 is 2.47 bits per heavy atom. The smallest absolute Gasteiger partial charge is 0.258 e. The van der Waals surface area contributed by atoms with Crippen molar-refractivity contribution >= 4 is 28.4 Å². The third kappa shape index (κ3) is 1.57. The molecule has 3 rings (SSSR count). The lowest BCUT2D eigenvalue weighted by molar-refractivity contribution is -0.123. The second-order valence-electron chi connectivity index (χ2n) is 3.64. The van der Waals surface area contributed by atoms with Crippen LogP contribution in [0, 0.1) is 0 Å². The van der Waals surface area contributed by atoms with Gasteiger partial charge in [0, 0.05) is 18.5 Å². The van der Waals surface area contributed by atoms with Gasteiger partial charge in [0.1, 0.15) is 0 Å². The van der Waals surface area contributed by atoms with Crippen LogP contribution < -0.4 is 5.32 Å². The van der Waals surface area contributed by atoms with Crippen LogP contribution in [0.3, 0.4) is 0 Å². The molecule has 2 aromatic rings. The van der Waals surface area contributed by atoms with E-state index in [-0.39, 0.29) is 11.8 Å². The fourth-order valence-corrected chi connectivity index (χ4v) is 1.76. The number of hydrogen-bond donors (Lipinski definition) is 1. The van der Waals surface area contributed by atoms with Crippen molar-refractivity contribution in [3.8, 4) is 0 Å². The molecule has 2 heterocycles. The minimum absolute atomic E-state index is 0.363. The van der Waals surface area contributed by atoms with Crippen LogP contribution in [0.25, 0.3) is 16.6 Å². The number of carbonyl (C=O) groups excluding carboxylic acids is 2. The highest BCUT2D eigenvalue weighted by Gasteiger charge is 2.22. The van der Waals surface area contributed by atoms with Crippen LogP contribution in [-0.2, 0) is 9.59 Å². The molecule has 5 heteroatoms. The molecule has 1 aromatic heterocycles. The molecule has 82 valence electrons. The number of fused-ring (bicyclic) bond motifs is 1. The van der Waals surface area contributed by atoms with Crippen molar-refractivity contribution in [1.29, 1.82) is 0 Å². The van der Waals surface area contributed by atoms with Gasteiger partial charge < -0.3 is 0 Å². The predicted molar refractivity (Wildman–Crippen MR) is 60.7 cm³/mol. The SMILES string of the molecule is O=C1C=C(c2ccc3nccnc3c2)C(=O)N1. The van der Waals surface area contributed by atoms with Gasteiger partial charge in [0.25, 0.3) is 11.8 Å². The van der Waals surface area contributed by atoms with Crippen molar-refractivity contribution in [3.63, 3.8) is 0 Å². The Morgan fingerprint density at radius 2 is 1.76 bits per heavy atom. The van der Waals surface area contributed by atoms with Gasteiger partial charge in [-0.25, -0.2) is 0 Å². The van der Waals surface area contributed by atoms with Gasteiger partial charge in [0.05, 0.1) is 16.6 Å². The Kier molecular flexibility index (Phi) is 1.98. The molecule has 2 amide bonds. The molecule has 0 aliphatic carbocycles. The van der Waals surface area contributed by atoms with E-state index in [2.05, 4.69) is 15.3 Å². The van der Waals surface area contributed by atoms with Gasteiger partial charge in [0.2, 0.25) is 0 Å². The zero-order valence-corrected chi connectivity index (χ0v) is 8.68. The van der Waals surface area contributed by atoms with Crippen LogP contribution >= 0.6 is 0 Å².